The highest BCUT2D eigenvalue weighted by Crippen LogP contribution is 2.24. The number of nitrogens with zero attached hydrogens (tertiary/aromatic N) is 1. The summed E-state index contributed by atoms with van der Waals surface area (Å²) in [7, 11) is -3.94. The third kappa shape index (κ3) is 2.91. The molecule has 22 heavy (non-hydrogen) atoms. The summed E-state index contributed by atoms with van der Waals surface area (Å²) in [6, 6.07) is 14.2. The minimum atomic E-state index is -3.94. The number of aromatic nitrogens is 1. The molecule has 0 spiro atoms. The quantitative estimate of drug-likeness (QED) is 0.537. The highest BCUT2D eigenvalue weighted by molar-refractivity contribution is 7.87. The highest BCUT2D eigenvalue weighted by Gasteiger charge is 2.18. The van der Waals surface area contributed by atoms with Crippen LogP contribution in [0.1, 0.15) is 5.56 Å². The van der Waals surface area contributed by atoms with E-state index in [1.54, 1.807) is 19.1 Å². The minimum absolute atomic E-state index is 0.0254. The Kier molecular flexibility index (Phi) is 3.76. The molecule has 0 aliphatic carbocycles. The van der Waals surface area contributed by atoms with Crippen molar-refractivity contribution in [2.45, 2.75) is 11.8 Å². The molecule has 0 saturated heterocycles. The van der Waals surface area contributed by atoms with Crippen LogP contribution in [0.15, 0.2) is 59.6 Å². The highest BCUT2D eigenvalue weighted by atomic mass is 35.5. The second-order valence-corrected chi connectivity index (χ2v) is 6.73. The monoisotopic (exact) mass is 333 g/mol. The molecule has 0 N–H and O–H groups in total. The van der Waals surface area contributed by atoms with E-state index in [9.17, 15) is 8.42 Å². The Bertz CT molecular complexity index is 955. The molecule has 0 radical (unpaired) electrons. The summed E-state index contributed by atoms with van der Waals surface area (Å²) < 4.78 is 29.8. The molecule has 1 aromatic heterocycles. The molecule has 0 atom stereocenters. The van der Waals surface area contributed by atoms with Crippen molar-refractivity contribution in [3.8, 4) is 5.75 Å². The zero-order chi connectivity index (χ0) is 15.7. The molecule has 0 aliphatic rings. The van der Waals surface area contributed by atoms with Crippen LogP contribution in [0.5, 0.6) is 5.75 Å². The molecule has 0 aliphatic heterocycles. The minimum Gasteiger partial charge on any atom is -0.379 e. The predicted molar refractivity (Wildman–Crippen MR) is 85.7 cm³/mol. The van der Waals surface area contributed by atoms with E-state index in [0.717, 1.165) is 10.8 Å². The zero-order valence-electron chi connectivity index (χ0n) is 11.7. The smallest absolute Gasteiger partial charge is 0.340 e. The lowest BCUT2D eigenvalue weighted by molar-refractivity contribution is 0.486. The molecule has 0 unspecified atom stereocenters. The fourth-order valence-electron chi connectivity index (χ4n) is 2.06. The number of hydrogen-bond donors (Lipinski definition) is 0. The van der Waals surface area contributed by atoms with Gasteiger partial charge >= 0.3 is 10.1 Å². The van der Waals surface area contributed by atoms with Gasteiger partial charge in [0.2, 0.25) is 0 Å². The van der Waals surface area contributed by atoms with Crippen molar-refractivity contribution in [2.24, 2.45) is 0 Å². The number of aryl methyl sites for hydroxylation is 1. The first-order valence-corrected chi connectivity index (χ1v) is 8.30. The number of pyridine rings is 1. The summed E-state index contributed by atoms with van der Waals surface area (Å²) in [5.41, 5.74) is 0.574. The van der Waals surface area contributed by atoms with Crippen LogP contribution in [0.4, 0.5) is 0 Å². The van der Waals surface area contributed by atoms with Crippen LogP contribution in [-0.4, -0.2) is 13.4 Å². The molecule has 3 rings (SSSR count). The van der Waals surface area contributed by atoms with E-state index < -0.39 is 10.1 Å². The number of halogens is 1. The van der Waals surface area contributed by atoms with Gasteiger partial charge in [-0.2, -0.15) is 8.42 Å². The van der Waals surface area contributed by atoms with Crippen molar-refractivity contribution in [2.75, 3.05) is 0 Å². The number of fused-ring (bicyclic) bond motifs is 1. The van der Waals surface area contributed by atoms with Crippen molar-refractivity contribution < 1.29 is 12.6 Å². The largest absolute Gasteiger partial charge is 0.379 e. The summed E-state index contributed by atoms with van der Waals surface area (Å²) >= 11 is 5.81. The van der Waals surface area contributed by atoms with Crippen molar-refractivity contribution in [3.05, 3.63) is 65.4 Å². The normalized spacial score (nSPS) is 11.5. The fraction of sp³-hybridized carbons (Fsp3) is 0.0625. The Labute approximate surface area is 133 Å². The number of hydrogen-bond acceptors (Lipinski definition) is 4. The van der Waals surface area contributed by atoms with Crippen LogP contribution in [-0.2, 0) is 10.1 Å². The first-order chi connectivity index (χ1) is 10.5. The molecule has 0 fully saturated rings. The molecule has 1 heterocycles. The lowest BCUT2D eigenvalue weighted by Gasteiger charge is -2.08. The molecule has 2 aromatic carbocycles. The van der Waals surface area contributed by atoms with Gasteiger partial charge in [0.05, 0.1) is 6.20 Å². The van der Waals surface area contributed by atoms with Gasteiger partial charge in [0.25, 0.3) is 0 Å². The Balaban J connectivity index is 1.97. The van der Waals surface area contributed by atoms with Crippen LogP contribution < -0.4 is 4.18 Å². The molecule has 0 amide bonds. The van der Waals surface area contributed by atoms with Gasteiger partial charge in [-0.3, -0.25) is 0 Å². The van der Waals surface area contributed by atoms with Crippen LogP contribution in [0.2, 0.25) is 5.15 Å². The zero-order valence-corrected chi connectivity index (χ0v) is 13.2. The van der Waals surface area contributed by atoms with E-state index in [4.69, 9.17) is 15.8 Å². The number of rotatable bonds is 3. The van der Waals surface area contributed by atoms with Crippen molar-refractivity contribution in [1.82, 2.24) is 4.98 Å². The standard InChI is InChI=1S/C16H12ClNO3S/c1-11-8-15(10-18-16(11)17)22(19,20)21-14-7-6-12-4-2-3-5-13(12)9-14/h2-10H,1H3. The van der Waals surface area contributed by atoms with Gasteiger partial charge in [-0.05, 0) is 41.5 Å². The molecular weight excluding hydrogens is 322 g/mol. The Morgan fingerprint density at radius 3 is 2.50 bits per heavy atom. The van der Waals surface area contributed by atoms with Gasteiger partial charge in [0, 0.05) is 0 Å². The van der Waals surface area contributed by atoms with Gasteiger partial charge in [0.1, 0.15) is 15.8 Å². The number of benzene rings is 2. The lowest BCUT2D eigenvalue weighted by Crippen LogP contribution is -2.10. The maximum Gasteiger partial charge on any atom is 0.340 e. The molecule has 0 saturated carbocycles. The Morgan fingerprint density at radius 1 is 1.05 bits per heavy atom. The first kappa shape index (κ1) is 14.8. The maximum absolute atomic E-state index is 12.3. The molecule has 6 heteroatoms. The Morgan fingerprint density at radius 2 is 1.77 bits per heavy atom. The molecule has 4 nitrogen and oxygen atoms in total. The van der Waals surface area contributed by atoms with Gasteiger partial charge in [-0.1, -0.05) is 41.9 Å². The van der Waals surface area contributed by atoms with Crippen molar-refractivity contribution in [1.29, 1.82) is 0 Å². The Hall–Kier alpha value is -2.11. The van der Waals surface area contributed by atoms with E-state index in [2.05, 4.69) is 4.98 Å². The van der Waals surface area contributed by atoms with Crippen LogP contribution in [0.25, 0.3) is 10.8 Å². The van der Waals surface area contributed by atoms with Gasteiger partial charge in [0.15, 0.2) is 0 Å². The van der Waals surface area contributed by atoms with Gasteiger partial charge < -0.3 is 4.18 Å². The average Bonchev–Trinajstić information content (AvgIpc) is 2.49. The molecule has 0 bridgehead atoms. The van der Waals surface area contributed by atoms with E-state index in [1.165, 1.54) is 12.3 Å². The fourth-order valence-corrected chi connectivity index (χ4v) is 3.12. The third-order valence-corrected chi connectivity index (χ3v) is 4.81. The lowest BCUT2D eigenvalue weighted by atomic mass is 10.1. The van der Waals surface area contributed by atoms with Crippen LogP contribution in [0.3, 0.4) is 0 Å². The van der Waals surface area contributed by atoms with E-state index in [-0.39, 0.29) is 15.8 Å². The summed E-state index contributed by atoms with van der Waals surface area (Å²) in [6.07, 6.45) is 1.19. The topological polar surface area (TPSA) is 56.3 Å². The van der Waals surface area contributed by atoms with E-state index >= 15 is 0 Å². The summed E-state index contributed by atoms with van der Waals surface area (Å²) in [4.78, 5) is 3.82. The maximum atomic E-state index is 12.3. The van der Waals surface area contributed by atoms with Crippen molar-refractivity contribution in [3.63, 3.8) is 0 Å². The van der Waals surface area contributed by atoms with E-state index in [1.807, 2.05) is 30.3 Å². The van der Waals surface area contributed by atoms with Crippen LogP contribution >= 0.6 is 11.6 Å². The van der Waals surface area contributed by atoms with Crippen LogP contribution in [0, 0.1) is 6.92 Å². The average molecular weight is 334 g/mol. The van der Waals surface area contributed by atoms with Crippen molar-refractivity contribution >= 4 is 32.5 Å². The molecule has 3 aromatic rings. The third-order valence-electron chi connectivity index (χ3n) is 3.20. The summed E-state index contributed by atoms with van der Waals surface area (Å²) in [5, 5.41) is 2.18. The van der Waals surface area contributed by atoms with Gasteiger partial charge in [-0.25, -0.2) is 4.98 Å². The SMILES string of the molecule is Cc1cc(S(=O)(=O)Oc2ccc3ccccc3c2)cnc1Cl. The summed E-state index contributed by atoms with van der Waals surface area (Å²) in [6.45, 7) is 1.68. The van der Waals surface area contributed by atoms with E-state index in [0.29, 0.717) is 5.56 Å². The summed E-state index contributed by atoms with van der Waals surface area (Å²) in [5.74, 6) is 0.256. The second kappa shape index (κ2) is 5.59. The molecule has 112 valence electrons. The van der Waals surface area contributed by atoms with Gasteiger partial charge in [-0.15, -0.1) is 0 Å². The first-order valence-electron chi connectivity index (χ1n) is 6.51. The molecular formula is C16H12ClNO3S. The predicted octanol–water partition coefficient (Wildman–Crippen LogP) is 3.96. The second-order valence-electron chi connectivity index (χ2n) is 4.83.